The number of hydrogen-bond donors (Lipinski definition) is 1. The van der Waals surface area contributed by atoms with E-state index in [-0.39, 0.29) is 23.3 Å². The first-order chi connectivity index (χ1) is 11.5. The second-order valence-electron chi connectivity index (χ2n) is 6.16. The smallest absolute Gasteiger partial charge is 0.266 e. The van der Waals surface area contributed by atoms with E-state index in [0.29, 0.717) is 11.3 Å². The van der Waals surface area contributed by atoms with Gasteiger partial charge in [-0.25, -0.2) is 0 Å². The van der Waals surface area contributed by atoms with E-state index >= 15 is 0 Å². The van der Waals surface area contributed by atoms with Crippen molar-refractivity contribution in [3.63, 3.8) is 0 Å². The van der Waals surface area contributed by atoms with Gasteiger partial charge in [-0.2, -0.15) is 5.26 Å². The predicted molar refractivity (Wildman–Crippen MR) is 93.4 cm³/mol. The third-order valence-electron chi connectivity index (χ3n) is 4.45. The summed E-state index contributed by atoms with van der Waals surface area (Å²) in [6.07, 6.45) is 6.88. The highest BCUT2D eigenvalue weighted by Crippen LogP contribution is 2.22. The first-order valence-electron chi connectivity index (χ1n) is 8.28. The van der Waals surface area contributed by atoms with Crippen molar-refractivity contribution in [2.75, 3.05) is 12.4 Å². The van der Waals surface area contributed by atoms with Crippen molar-refractivity contribution in [1.29, 1.82) is 5.26 Å². The van der Waals surface area contributed by atoms with Crippen LogP contribution < -0.4 is 5.32 Å². The number of likely N-dealkylation sites (N-methyl/N-ethyl adjacent to an activating group) is 1. The molecule has 1 fully saturated rings. The number of carbonyl (C=O) groups is 2. The minimum atomic E-state index is -0.264. The highest BCUT2D eigenvalue weighted by atomic mass is 16.2. The maximum absolute atomic E-state index is 12.5. The summed E-state index contributed by atoms with van der Waals surface area (Å²) in [6, 6.07) is 9.15. The van der Waals surface area contributed by atoms with Gasteiger partial charge < -0.3 is 10.2 Å². The summed E-state index contributed by atoms with van der Waals surface area (Å²) < 4.78 is 0. The molecule has 1 aromatic rings. The standard InChI is InChI=1S/C19H23N3O2/c1-14(23)15-7-6-8-17(11-15)21-13-16(12-20)19(24)22(2)18-9-4-3-5-10-18/h6-8,11,13,18,21H,3-5,9-10H2,1-2H3/b16-13-. The van der Waals surface area contributed by atoms with Crippen molar-refractivity contribution < 1.29 is 9.59 Å². The van der Waals surface area contributed by atoms with Crippen molar-refractivity contribution in [2.24, 2.45) is 0 Å². The van der Waals surface area contributed by atoms with Crippen molar-refractivity contribution in [3.8, 4) is 6.07 Å². The van der Waals surface area contributed by atoms with Crippen molar-refractivity contribution in [1.82, 2.24) is 4.90 Å². The molecule has 1 aromatic carbocycles. The molecule has 5 nitrogen and oxygen atoms in total. The van der Waals surface area contributed by atoms with Gasteiger partial charge in [0.25, 0.3) is 5.91 Å². The highest BCUT2D eigenvalue weighted by molar-refractivity contribution is 5.98. The molecule has 2 rings (SSSR count). The van der Waals surface area contributed by atoms with Crippen LogP contribution in [-0.4, -0.2) is 29.7 Å². The topological polar surface area (TPSA) is 73.2 Å². The molecule has 0 aliphatic heterocycles. The number of carbonyl (C=O) groups excluding carboxylic acids is 2. The van der Waals surface area contributed by atoms with E-state index in [0.717, 1.165) is 25.7 Å². The summed E-state index contributed by atoms with van der Waals surface area (Å²) in [4.78, 5) is 25.6. The molecule has 0 spiro atoms. The summed E-state index contributed by atoms with van der Waals surface area (Å²) in [7, 11) is 1.76. The van der Waals surface area contributed by atoms with Gasteiger partial charge in [-0.15, -0.1) is 0 Å². The number of nitriles is 1. The Balaban J connectivity index is 2.08. The SMILES string of the molecule is CC(=O)c1cccc(N/C=C(/C#N)C(=O)N(C)C2CCCCC2)c1. The highest BCUT2D eigenvalue weighted by Gasteiger charge is 2.24. The van der Waals surface area contributed by atoms with Crippen LogP contribution in [-0.2, 0) is 4.79 Å². The minimum Gasteiger partial charge on any atom is -0.360 e. The Morgan fingerprint density at radius 2 is 2.00 bits per heavy atom. The van der Waals surface area contributed by atoms with E-state index in [1.807, 2.05) is 6.07 Å². The molecule has 126 valence electrons. The lowest BCUT2D eigenvalue weighted by atomic mass is 9.94. The number of anilines is 1. The summed E-state index contributed by atoms with van der Waals surface area (Å²) in [5.41, 5.74) is 1.32. The third-order valence-corrected chi connectivity index (χ3v) is 4.45. The molecule has 1 amide bonds. The van der Waals surface area contributed by atoms with E-state index in [9.17, 15) is 14.9 Å². The molecule has 0 atom stereocenters. The van der Waals surface area contributed by atoms with Crippen LogP contribution in [0.1, 0.15) is 49.4 Å². The summed E-state index contributed by atoms with van der Waals surface area (Å²) >= 11 is 0. The van der Waals surface area contributed by atoms with Crippen LogP contribution in [0.5, 0.6) is 0 Å². The molecule has 1 aliphatic rings. The van der Waals surface area contributed by atoms with E-state index in [4.69, 9.17) is 0 Å². The molecular weight excluding hydrogens is 302 g/mol. The number of ketones is 1. The average Bonchev–Trinajstić information content (AvgIpc) is 2.62. The van der Waals surface area contributed by atoms with Crippen LogP contribution in [0.15, 0.2) is 36.0 Å². The molecule has 0 radical (unpaired) electrons. The molecule has 24 heavy (non-hydrogen) atoms. The molecule has 1 aliphatic carbocycles. The summed E-state index contributed by atoms with van der Waals surface area (Å²) in [5, 5.41) is 12.3. The zero-order valence-electron chi connectivity index (χ0n) is 14.2. The Labute approximate surface area is 143 Å². The van der Waals surface area contributed by atoms with Crippen LogP contribution in [0.3, 0.4) is 0 Å². The lowest BCUT2D eigenvalue weighted by molar-refractivity contribution is -0.128. The van der Waals surface area contributed by atoms with E-state index < -0.39 is 0 Å². The van der Waals surface area contributed by atoms with Crippen LogP contribution in [0.2, 0.25) is 0 Å². The largest absolute Gasteiger partial charge is 0.360 e. The zero-order chi connectivity index (χ0) is 17.5. The Kier molecular flexibility index (Phi) is 6.14. The van der Waals surface area contributed by atoms with Gasteiger partial charge in [0, 0.05) is 30.5 Å². The van der Waals surface area contributed by atoms with E-state index in [1.54, 1.807) is 36.2 Å². The van der Waals surface area contributed by atoms with Crippen LogP contribution in [0.25, 0.3) is 0 Å². The molecule has 1 N–H and O–H groups in total. The average molecular weight is 325 g/mol. The molecule has 0 saturated heterocycles. The second-order valence-corrected chi connectivity index (χ2v) is 6.16. The van der Waals surface area contributed by atoms with Gasteiger partial charge >= 0.3 is 0 Å². The molecule has 0 unspecified atom stereocenters. The lowest BCUT2D eigenvalue weighted by Gasteiger charge is -2.31. The molecule has 5 heteroatoms. The van der Waals surface area contributed by atoms with Crippen molar-refractivity contribution in [2.45, 2.75) is 45.1 Å². The maximum Gasteiger partial charge on any atom is 0.266 e. The Hall–Kier alpha value is -2.61. The number of amides is 1. The van der Waals surface area contributed by atoms with E-state index in [2.05, 4.69) is 5.32 Å². The van der Waals surface area contributed by atoms with Crippen LogP contribution in [0.4, 0.5) is 5.69 Å². The minimum absolute atomic E-state index is 0.0313. The molecular formula is C19H23N3O2. The second kappa shape index (κ2) is 8.30. The van der Waals surface area contributed by atoms with Gasteiger partial charge in [-0.3, -0.25) is 9.59 Å². The fourth-order valence-electron chi connectivity index (χ4n) is 2.95. The molecule has 0 aromatic heterocycles. The Morgan fingerprint density at radius 3 is 2.62 bits per heavy atom. The summed E-state index contributed by atoms with van der Waals surface area (Å²) in [5.74, 6) is -0.295. The summed E-state index contributed by atoms with van der Waals surface area (Å²) in [6.45, 7) is 1.50. The van der Waals surface area contributed by atoms with Gasteiger partial charge in [0.05, 0.1) is 0 Å². The lowest BCUT2D eigenvalue weighted by Crippen LogP contribution is -2.39. The van der Waals surface area contributed by atoms with Gasteiger partial charge in [-0.05, 0) is 31.9 Å². The van der Waals surface area contributed by atoms with Gasteiger partial charge in [0.1, 0.15) is 11.6 Å². The van der Waals surface area contributed by atoms with Crippen molar-refractivity contribution >= 4 is 17.4 Å². The number of nitrogens with zero attached hydrogens (tertiary/aromatic N) is 2. The number of hydrogen-bond acceptors (Lipinski definition) is 4. The number of benzene rings is 1. The quantitative estimate of drug-likeness (QED) is 0.511. The molecule has 0 heterocycles. The zero-order valence-corrected chi connectivity index (χ0v) is 14.2. The van der Waals surface area contributed by atoms with Crippen LogP contribution >= 0.6 is 0 Å². The Bertz CT molecular complexity index is 682. The van der Waals surface area contributed by atoms with Gasteiger partial charge in [-0.1, -0.05) is 31.4 Å². The maximum atomic E-state index is 12.5. The fourth-order valence-corrected chi connectivity index (χ4v) is 2.95. The fraction of sp³-hybridized carbons (Fsp3) is 0.421. The van der Waals surface area contributed by atoms with Gasteiger partial charge in [0.2, 0.25) is 0 Å². The normalized spacial score (nSPS) is 15.5. The predicted octanol–water partition coefficient (Wildman–Crippen LogP) is 3.50. The monoisotopic (exact) mass is 325 g/mol. The van der Waals surface area contributed by atoms with E-state index in [1.165, 1.54) is 19.5 Å². The third kappa shape index (κ3) is 4.45. The van der Waals surface area contributed by atoms with Crippen molar-refractivity contribution in [3.05, 3.63) is 41.6 Å². The molecule has 1 saturated carbocycles. The number of Topliss-reactive ketones (excluding diaryl/α,β-unsaturated/α-hetero) is 1. The molecule has 0 bridgehead atoms. The number of nitrogens with one attached hydrogen (secondary N) is 1. The Morgan fingerprint density at radius 1 is 1.29 bits per heavy atom. The first kappa shape index (κ1) is 17.7. The number of rotatable bonds is 5. The first-order valence-corrected chi connectivity index (χ1v) is 8.28. The van der Waals surface area contributed by atoms with Gasteiger partial charge in [0.15, 0.2) is 5.78 Å². The van der Waals surface area contributed by atoms with Crippen LogP contribution in [0, 0.1) is 11.3 Å².